The minimum absolute atomic E-state index is 0.0531. The first-order chi connectivity index (χ1) is 13.2. The quantitative estimate of drug-likeness (QED) is 0.814. The third-order valence-corrected chi connectivity index (χ3v) is 6.40. The molecule has 1 aromatic rings. The number of aromatic amines is 1. The van der Waals surface area contributed by atoms with E-state index in [1.54, 1.807) is 7.11 Å². The van der Waals surface area contributed by atoms with Crippen LogP contribution in [-0.2, 0) is 33.6 Å². The number of aryl methyl sites for hydroxylation is 2. The van der Waals surface area contributed by atoms with E-state index in [-0.39, 0.29) is 23.8 Å². The van der Waals surface area contributed by atoms with E-state index in [9.17, 15) is 9.59 Å². The highest BCUT2D eigenvalue weighted by molar-refractivity contribution is 5.83. The van der Waals surface area contributed by atoms with Crippen molar-refractivity contribution in [3.63, 3.8) is 0 Å². The Balaban J connectivity index is 1.38. The average molecular weight is 374 g/mol. The molecule has 2 bridgehead atoms. The second-order valence-corrected chi connectivity index (χ2v) is 8.09. The van der Waals surface area contributed by atoms with Crippen LogP contribution in [0.4, 0.5) is 0 Å². The number of fused-ring (bicyclic) bond motifs is 5. The SMILES string of the molecule is COCCN1C(=O)[C@H]2CC[C@@H]1CN(C(=O)CCc1n[nH]c3c1CCCC3)C2. The number of nitrogens with zero attached hydrogens (tertiary/aromatic N) is 3. The Hall–Kier alpha value is -1.89. The van der Waals surface area contributed by atoms with Crippen LogP contribution in [0.2, 0.25) is 0 Å². The number of carbonyl (C=O) groups is 2. The van der Waals surface area contributed by atoms with E-state index in [2.05, 4.69) is 10.2 Å². The number of nitrogens with one attached hydrogen (secondary N) is 1. The fraction of sp³-hybridized carbons (Fsp3) is 0.750. The second kappa shape index (κ2) is 8.00. The van der Waals surface area contributed by atoms with Crippen molar-refractivity contribution in [3.05, 3.63) is 17.0 Å². The number of piperidine rings is 1. The molecule has 7 nitrogen and oxygen atoms in total. The number of hydrogen-bond donors (Lipinski definition) is 1. The molecule has 1 aromatic heterocycles. The first-order valence-electron chi connectivity index (χ1n) is 10.3. The Morgan fingerprint density at radius 1 is 1.26 bits per heavy atom. The van der Waals surface area contributed by atoms with Gasteiger partial charge in [0, 0.05) is 51.3 Å². The Bertz CT molecular complexity index is 701. The lowest BCUT2D eigenvalue weighted by atomic mass is 9.94. The predicted molar refractivity (Wildman–Crippen MR) is 100 cm³/mol. The lowest BCUT2D eigenvalue weighted by molar-refractivity contribution is -0.140. The molecule has 148 valence electrons. The maximum absolute atomic E-state index is 12.9. The third kappa shape index (κ3) is 3.74. The molecule has 2 atom stereocenters. The monoisotopic (exact) mass is 374 g/mol. The minimum atomic E-state index is -0.0531. The highest BCUT2D eigenvalue weighted by Gasteiger charge is 2.41. The van der Waals surface area contributed by atoms with E-state index < -0.39 is 0 Å². The van der Waals surface area contributed by atoms with Gasteiger partial charge in [-0.3, -0.25) is 14.7 Å². The van der Waals surface area contributed by atoms with Crippen molar-refractivity contribution < 1.29 is 14.3 Å². The second-order valence-electron chi connectivity index (χ2n) is 8.09. The zero-order valence-corrected chi connectivity index (χ0v) is 16.2. The van der Waals surface area contributed by atoms with Gasteiger partial charge in [-0.2, -0.15) is 5.10 Å². The van der Waals surface area contributed by atoms with Crippen molar-refractivity contribution >= 4 is 11.8 Å². The van der Waals surface area contributed by atoms with Gasteiger partial charge < -0.3 is 14.5 Å². The molecule has 27 heavy (non-hydrogen) atoms. The number of aromatic nitrogens is 2. The predicted octanol–water partition coefficient (Wildman–Crippen LogP) is 1.32. The normalized spacial score (nSPS) is 24.9. The van der Waals surface area contributed by atoms with E-state index >= 15 is 0 Å². The van der Waals surface area contributed by atoms with Crippen molar-refractivity contribution in [3.8, 4) is 0 Å². The summed E-state index contributed by atoms with van der Waals surface area (Å²) in [6.45, 7) is 2.39. The summed E-state index contributed by atoms with van der Waals surface area (Å²) in [6.07, 6.45) is 7.62. The summed E-state index contributed by atoms with van der Waals surface area (Å²) in [6, 6.07) is 0.133. The minimum Gasteiger partial charge on any atom is -0.383 e. The van der Waals surface area contributed by atoms with Crippen molar-refractivity contribution in [2.45, 2.75) is 57.4 Å². The maximum Gasteiger partial charge on any atom is 0.227 e. The molecule has 1 N–H and O–H groups in total. The number of ether oxygens (including phenoxy) is 1. The van der Waals surface area contributed by atoms with Gasteiger partial charge in [-0.15, -0.1) is 0 Å². The standard InChI is InChI=1S/C20H30N4O3/c1-27-11-10-24-15-7-6-14(20(24)26)12-23(13-15)19(25)9-8-18-16-4-2-3-5-17(16)21-22-18/h14-15H,2-13H2,1H3,(H,21,22)/t14-,15+/m0/s1. The van der Waals surface area contributed by atoms with Crippen LogP contribution in [-0.4, -0.2) is 71.2 Å². The van der Waals surface area contributed by atoms with Crippen molar-refractivity contribution in [2.24, 2.45) is 5.92 Å². The van der Waals surface area contributed by atoms with Crippen molar-refractivity contribution in [1.29, 1.82) is 0 Å². The molecule has 0 spiro atoms. The highest BCUT2D eigenvalue weighted by atomic mass is 16.5. The van der Waals surface area contributed by atoms with Crippen LogP contribution in [0.25, 0.3) is 0 Å². The summed E-state index contributed by atoms with van der Waals surface area (Å²) in [4.78, 5) is 29.5. The van der Waals surface area contributed by atoms with Gasteiger partial charge in [0.2, 0.25) is 11.8 Å². The summed E-state index contributed by atoms with van der Waals surface area (Å²) in [5, 5.41) is 7.62. The average Bonchev–Trinajstić information content (AvgIpc) is 2.89. The summed E-state index contributed by atoms with van der Waals surface area (Å²) < 4.78 is 5.16. The number of hydrogen-bond acceptors (Lipinski definition) is 4. The van der Waals surface area contributed by atoms with E-state index in [0.29, 0.717) is 39.1 Å². The molecule has 3 saturated heterocycles. The third-order valence-electron chi connectivity index (χ3n) is 6.40. The number of methoxy groups -OCH3 is 1. The van der Waals surface area contributed by atoms with Crippen molar-refractivity contribution in [2.75, 3.05) is 33.4 Å². The van der Waals surface area contributed by atoms with Gasteiger partial charge in [0.25, 0.3) is 0 Å². The Morgan fingerprint density at radius 2 is 2.11 bits per heavy atom. The fourth-order valence-electron chi connectivity index (χ4n) is 4.87. The molecule has 7 heteroatoms. The summed E-state index contributed by atoms with van der Waals surface area (Å²) in [7, 11) is 1.66. The zero-order chi connectivity index (χ0) is 18.8. The Morgan fingerprint density at radius 3 is 2.96 bits per heavy atom. The summed E-state index contributed by atoms with van der Waals surface area (Å²) >= 11 is 0. The lowest BCUT2D eigenvalue weighted by Gasteiger charge is -2.35. The largest absolute Gasteiger partial charge is 0.383 e. The molecule has 3 fully saturated rings. The number of amides is 2. The van der Waals surface area contributed by atoms with E-state index in [1.807, 2.05) is 9.80 Å². The molecule has 4 aliphatic rings. The number of rotatable bonds is 6. The van der Waals surface area contributed by atoms with Crippen LogP contribution in [0.1, 0.15) is 49.1 Å². The van der Waals surface area contributed by atoms with Gasteiger partial charge in [0.15, 0.2) is 0 Å². The van der Waals surface area contributed by atoms with Crippen LogP contribution < -0.4 is 0 Å². The molecular weight excluding hydrogens is 344 g/mol. The summed E-state index contributed by atoms with van der Waals surface area (Å²) in [5.41, 5.74) is 3.66. The van der Waals surface area contributed by atoms with Gasteiger partial charge in [-0.1, -0.05) is 0 Å². The Kier molecular flexibility index (Phi) is 5.48. The molecule has 0 radical (unpaired) electrons. The van der Waals surface area contributed by atoms with Crippen LogP contribution in [0.5, 0.6) is 0 Å². The lowest BCUT2D eigenvalue weighted by Crippen LogP contribution is -2.49. The highest BCUT2D eigenvalue weighted by Crippen LogP contribution is 2.29. The van der Waals surface area contributed by atoms with Gasteiger partial charge >= 0.3 is 0 Å². The van der Waals surface area contributed by atoms with Crippen molar-refractivity contribution in [1.82, 2.24) is 20.0 Å². The van der Waals surface area contributed by atoms with Crippen LogP contribution in [0.15, 0.2) is 0 Å². The molecule has 5 rings (SSSR count). The van der Waals surface area contributed by atoms with E-state index in [1.165, 1.54) is 24.1 Å². The molecule has 4 heterocycles. The van der Waals surface area contributed by atoms with Gasteiger partial charge in [0.1, 0.15) is 0 Å². The Labute approximate surface area is 160 Å². The molecule has 0 aromatic carbocycles. The van der Waals surface area contributed by atoms with Crippen LogP contribution in [0.3, 0.4) is 0 Å². The fourth-order valence-corrected chi connectivity index (χ4v) is 4.87. The van der Waals surface area contributed by atoms with Crippen LogP contribution in [0, 0.1) is 5.92 Å². The first kappa shape index (κ1) is 18.5. The first-order valence-corrected chi connectivity index (χ1v) is 10.3. The molecular formula is C20H30N4O3. The zero-order valence-electron chi connectivity index (χ0n) is 16.2. The van der Waals surface area contributed by atoms with E-state index in [4.69, 9.17) is 4.74 Å². The smallest absolute Gasteiger partial charge is 0.227 e. The molecule has 1 aliphatic carbocycles. The van der Waals surface area contributed by atoms with Gasteiger partial charge in [0.05, 0.1) is 18.2 Å². The number of carbonyl (C=O) groups excluding carboxylic acids is 2. The molecule has 0 unspecified atom stereocenters. The van der Waals surface area contributed by atoms with Gasteiger partial charge in [-0.05, 0) is 44.1 Å². The molecule has 0 saturated carbocycles. The van der Waals surface area contributed by atoms with Gasteiger partial charge in [-0.25, -0.2) is 0 Å². The summed E-state index contributed by atoms with van der Waals surface area (Å²) in [5.74, 6) is 0.295. The maximum atomic E-state index is 12.9. The molecule has 2 amide bonds. The molecule has 3 aliphatic heterocycles. The van der Waals surface area contributed by atoms with E-state index in [0.717, 1.165) is 31.4 Å². The topological polar surface area (TPSA) is 78.5 Å². The number of H-pyrrole nitrogens is 1. The van der Waals surface area contributed by atoms with Crippen LogP contribution >= 0.6 is 0 Å².